The minimum absolute atomic E-state index is 0.122. The monoisotopic (exact) mass is 451 g/mol. The van der Waals surface area contributed by atoms with Gasteiger partial charge in [-0.15, -0.1) is 0 Å². The second-order valence-corrected chi connectivity index (χ2v) is 8.15. The van der Waals surface area contributed by atoms with Crippen molar-refractivity contribution in [2.45, 2.75) is 36.8 Å². The molecule has 4 aromatic rings. The molecular weight excluding hydrogens is 429 g/mol. The summed E-state index contributed by atoms with van der Waals surface area (Å²) in [5.74, 6) is 0.618. The fraction of sp³-hybridized carbons (Fsp3) is 0.208. The molecule has 4 rings (SSSR count). The molecular formula is C24H22FN3O3S. The maximum absolute atomic E-state index is 14.0. The van der Waals surface area contributed by atoms with Gasteiger partial charge in [-0.2, -0.15) is 0 Å². The largest absolute Gasteiger partial charge is 0.467 e. The molecule has 0 saturated carbocycles. The molecule has 0 atom stereocenters. The van der Waals surface area contributed by atoms with Crippen LogP contribution >= 0.6 is 11.8 Å². The molecule has 6 nitrogen and oxygen atoms in total. The Hall–Kier alpha value is -3.39. The number of aromatic nitrogens is 2. The first kappa shape index (κ1) is 21.8. The van der Waals surface area contributed by atoms with Crippen LogP contribution in [0.5, 0.6) is 0 Å². The molecule has 0 aliphatic heterocycles. The van der Waals surface area contributed by atoms with E-state index in [1.165, 1.54) is 17.8 Å². The van der Waals surface area contributed by atoms with Crippen LogP contribution in [0.2, 0.25) is 0 Å². The highest BCUT2D eigenvalue weighted by molar-refractivity contribution is 7.98. The van der Waals surface area contributed by atoms with E-state index in [-0.39, 0.29) is 23.7 Å². The molecule has 164 valence electrons. The van der Waals surface area contributed by atoms with Gasteiger partial charge in [0.05, 0.1) is 23.7 Å². The van der Waals surface area contributed by atoms with Crippen molar-refractivity contribution in [3.05, 3.63) is 94.4 Å². The highest BCUT2D eigenvalue weighted by Crippen LogP contribution is 2.23. The van der Waals surface area contributed by atoms with E-state index in [1.54, 1.807) is 59.4 Å². The number of halogens is 1. The van der Waals surface area contributed by atoms with Crippen molar-refractivity contribution in [1.29, 1.82) is 0 Å². The number of rotatable bonds is 9. The standard InChI is InChI=1S/C24H22FN3O3S/c25-20-10-3-1-7-17(20)16-32-24-27-21-11-4-2-9-19(21)23(30)28(24)13-5-12-22(29)26-15-18-8-6-14-31-18/h1-4,6-11,14H,5,12-13,15-16H2,(H,26,29). The quantitative estimate of drug-likeness (QED) is 0.299. The zero-order valence-electron chi connectivity index (χ0n) is 17.3. The third-order valence-electron chi connectivity index (χ3n) is 4.97. The summed E-state index contributed by atoms with van der Waals surface area (Å²) >= 11 is 1.31. The Balaban J connectivity index is 1.47. The van der Waals surface area contributed by atoms with Crippen LogP contribution < -0.4 is 10.9 Å². The Morgan fingerprint density at radius 3 is 2.72 bits per heavy atom. The molecule has 0 saturated heterocycles. The van der Waals surface area contributed by atoms with E-state index >= 15 is 0 Å². The van der Waals surface area contributed by atoms with Crippen LogP contribution in [0, 0.1) is 5.82 Å². The topological polar surface area (TPSA) is 77.1 Å². The number of amides is 1. The predicted molar refractivity (Wildman–Crippen MR) is 122 cm³/mol. The van der Waals surface area contributed by atoms with E-state index in [9.17, 15) is 14.0 Å². The summed E-state index contributed by atoms with van der Waals surface area (Å²) in [7, 11) is 0. The van der Waals surface area contributed by atoms with Crippen LogP contribution in [0.4, 0.5) is 4.39 Å². The molecule has 8 heteroatoms. The Morgan fingerprint density at radius 2 is 1.91 bits per heavy atom. The number of fused-ring (bicyclic) bond motifs is 1. The van der Waals surface area contributed by atoms with Gasteiger partial charge in [0.25, 0.3) is 5.56 Å². The molecule has 0 spiro atoms. The summed E-state index contributed by atoms with van der Waals surface area (Å²) in [6.07, 6.45) is 2.29. The second kappa shape index (κ2) is 10.3. The molecule has 0 radical (unpaired) electrons. The number of nitrogens with one attached hydrogen (secondary N) is 1. The number of thioether (sulfide) groups is 1. The van der Waals surface area contributed by atoms with E-state index in [2.05, 4.69) is 10.3 Å². The first-order valence-corrected chi connectivity index (χ1v) is 11.3. The molecule has 2 aromatic heterocycles. The van der Waals surface area contributed by atoms with Crippen molar-refractivity contribution >= 4 is 28.6 Å². The Morgan fingerprint density at radius 1 is 1.09 bits per heavy atom. The van der Waals surface area contributed by atoms with E-state index in [1.807, 2.05) is 6.07 Å². The number of carbonyl (C=O) groups is 1. The van der Waals surface area contributed by atoms with Gasteiger partial charge in [0, 0.05) is 18.7 Å². The molecule has 0 aliphatic rings. The minimum atomic E-state index is -0.289. The van der Waals surface area contributed by atoms with Crippen LogP contribution in [-0.4, -0.2) is 15.5 Å². The van der Waals surface area contributed by atoms with Crippen molar-refractivity contribution in [2.75, 3.05) is 0 Å². The predicted octanol–water partition coefficient (Wildman–Crippen LogP) is 4.52. The summed E-state index contributed by atoms with van der Waals surface area (Å²) in [4.78, 5) is 29.9. The van der Waals surface area contributed by atoms with Crippen LogP contribution in [0.3, 0.4) is 0 Å². The SMILES string of the molecule is O=C(CCCn1c(SCc2ccccc2F)nc2ccccc2c1=O)NCc1ccco1. The van der Waals surface area contributed by atoms with Gasteiger partial charge in [-0.3, -0.25) is 14.2 Å². The third kappa shape index (κ3) is 5.26. The Bertz CT molecular complexity index is 1270. The van der Waals surface area contributed by atoms with E-state index < -0.39 is 0 Å². The Labute approximate surface area is 188 Å². The van der Waals surface area contributed by atoms with Crippen molar-refractivity contribution < 1.29 is 13.6 Å². The molecule has 0 fully saturated rings. The first-order chi connectivity index (χ1) is 15.6. The molecule has 0 aliphatic carbocycles. The molecule has 2 heterocycles. The number of para-hydroxylation sites is 1. The van der Waals surface area contributed by atoms with E-state index in [0.717, 1.165) is 0 Å². The van der Waals surface area contributed by atoms with E-state index in [0.29, 0.717) is 52.6 Å². The Kier molecular flexibility index (Phi) is 7.01. The van der Waals surface area contributed by atoms with Crippen molar-refractivity contribution in [1.82, 2.24) is 14.9 Å². The van der Waals surface area contributed by atoms with Gasteiger partial charge in [-0.25, -0.2) is 9.37 Å². The summed E-state index contributed by atoms with van der Waals surface area (Å²) in [6.45, 7) is 0.664. The van der Waals surface area contributed by atoms with Gasteiger partial charge < -0.3 is 9.73 Å². The summed E-state index contributed by atoms with van der Waals surface area (Å²) in [6, 6.07) is 17.3. The van der Waals surface area contributed by atoms with Gasteiger partial charge >= 0.3 is 0 Å². The number of benzene rings is 2. The lowest BCUT2D eigenvalue weighted by Crippen LogP contribution is -2.26. The summed E-state index contributed by atoms with van der Waals surface area (Å²) < 4.78 is 20.8. The minimum Gasteiger partial charge on any atom is -0.467 e. The van der Waals surface area contributed by atoms with Crippen molar-refractivity contribution in [3.63, 3.8) is 0 Å². The van der Waals surface area contributed by atoms with Crippen LogP contribution in [0.25, 0.3) is 10.9 Å². The van der Waals surface area contributed by atoms with Crippen LogP contribution in [0.1, 0.15) is 24.2 Å². The van der Waals surface area contributed by atoms with Gasteiger partial charge in [-0.05, 0) is 42.3 Å². The normalized spacial score (nSPS) is 11.0. The maximum Gasteiger partial charge on any atom is 0.262 e. The highest BCUT2D eigenvalue weighted by Gasteiger charge is 2.13. The fourth-order valence-electron chi connectivity index (χ4n) is 3.30. The zero-order chi connectivity index (χ0) is 22.3. The van der Waals surface area contributed by atoms with Gasteiger partial charge in [0.2, 0.25) is 5.91 Å². The lowest BCUT2D eigenvalue weighted by Gasteiger charge is -2.13. The molecule has 0 unspecified atom stereocenters. The average Bonchev–Trinajstić information content (AvgIpc) is 3.33. The molecule has 1 N–H and O–H groups in total. The zero-order valence-corrected chi connectivity index (χ0v) is 18.1. The van der Waals surface area contributed by atoms with E-state index in [4.69, 9.17) is 4.42 Å². The number of nitrogens with zero attached hydrogens (tertiary/aromatic N) is 2. The molecule has 1 amide bonds. The van der Waals surface area contributed by atoms with Crippen LogP contribution in [-0.2, 0) is 23.6 Å². The molecule has 0 bridgehead atoms. The van der Waals surface area contributed by atoms with Gasteiger partial charge in [0.15, 0.2) is 5.16 Å². The number of carbonyl (C=O) groups excluding carboxylic acids is 1. The lowest BCUT2D eigenvalue weighted by molar-refractivity contribution is -0.121. The summed E-state index contributed by atoms with van der Waals surface area (Å²) in [5, 5.41) is 3.83. The summed E-state index contributed by atoms with van der Waals surface area (Å²) in [5.41, 5.74) is 0.979. The number of hydrogen-bond acceptors (Lipinski definition) is 5. The number of furan rings is 1. The molecule has 32 heavy (non-hydrogen) atoms. The smallest absolute Gasteiger partial charge is 0.262 e. The fourth-order valence-corrected chi connectivity index (χ4v) is 4.31. The lowest BCUT2D eigenvalue weighted by atomic mass is 10.2. The maximum atomic E-state index is 14.0. The van der Waals surface area contributed by atoms with Gasteiger partial charge in [0.1, 0.15) is 11.6 Å². The average molecular weight is 452 g/mol. The van der Waals surface area contributed by atoms with Crippen molar-refractivity contribution in [3.8, 4) is 0 Å². The third-order valence-corrected chi connectivity index (χ3v) is 5.99. The first-order valence-electron chi connectivity index (χ1n) is 10.3. The van der Waals surface area contributed by atoms with Gasteiger partial charge in [-0.1, -0.05) is 42.1 Å². The van der Waals surface area contributed by atoms with Crippen LogP contribution in [0.15, 0.2) is 81.3 Å². The second-order valence-electron chi connectivity index (χ2n) is 7.21. The van der Waals surface area contributed by atoms with Crippen molar-refractivity contribution in [2.24, 2.45) is 0 Å². The number of hydrogen-bond donors (Lipinski definition) is 1. The highest BCUT2D eigenvalue weighted by atomic mass is 32.2. The molecule has 2 aromatic carbocycles.